The average molecular weight is 332 g/mol. The topological polar surface area (TPSA) is 64.8 Å². The SMILES string of the molecule is CC(C)Cn1c(Cc2cccc(F)c2)nnc1S(=O)(=O)Cl. The summed E-state index contributed by atoms with van der Waals surface area (Å²) in [5.41, 5.74) is 0.686. The van der Waals surface area contributed by atoms with E-state index in [1.807, 2.05) is 13.8 Å². The Labute approximate surface area is 127 Å². The van der Waals surface area contributed by atoms with Crippen molar-refractivity contribution in [3.63, 3.8) is 0 Å². The van der Waals surface area contributed by atoms with E-state index in [0.717, 1.165) is 0 Å². The Bertz CT molecular complexity index is 744. The quantitative estimate of drug-likeness (QED) is 0.790. The summed E-state index contributed by atoms with van der Waals surface area (Å²) in [6, 6.07) is 6.06. The Balaban J connectivity index is 2.42. The van der Waals surface area contributed by atoms with Crippen molar-refractivity contribution in [3.8, 4) is 0 Å². The molecule has 0 saturated carbocycles. The van der Waals surface area contributed by atoms with Crippen LogP contribution in [-0.4, -0.2) is 23.2 Å². The molecule has 0 spiro atoms. The van der Waals surface area contributed by atoms with Crippen LogP contribution in [0.25, 0.3) is 0 Å². The van der Waals surface area contributed by atoms with Gasteiger partial charge in [0.05, 0.1) is 0 Å². The summed E-state index contributed by atoms with van der Waals surface area (Å²) in [5.74, 6) is 0.269. The van der Waals surface area contributed by atoms with Gasteiger partial charge in [0.25, 0.3) is 14.2 Å². The molecule has 1 aromatic carbocycles. The third-order valence-corrected chi connectivity index (χ3v) is 3.96. The number of benzene rings is 1. The highest BCUT2D eigenvalue weighted by Gasteiger charge is 2.23. The number of hydrogen-bond acceptors (Lipinski definition) is 4. The van der Waals surface area contributed by atoms with E-state index < -0.39 is 9.05 Å². The summed E-state index contributed by atoms with van der Waals surface area (Å²) in [5, 5.41) is 7.27. The second kappa shape index (κ2) is 6.11. The fraction of sp³-hybridized carbons (Fsp3) is 0.385. The van der Waals surface area contributed by atoms with Gasteiger partial charge in [0.2, 0.25) is 0 Å². The van der Waals surface area contributed by atoms with Gasteiger partial charge in [-0.15, -0.1) is 10.2 Å². The second-order valence-electron chi connectivity index (χ2n) is 5.15. The van der Waals surface area contributed by atoms with Crippen LogP contribution >= 0.6 is 10.7 Å². The smallest absolute Gasteiger partial charge is 0.296 e. The Morgan fingerprint density at radius 2 is 2.05 bits per heavy atom. The van der Waals surface area contributed by atoms with E-state index in [2.05, 4.69) is 10.2 Å². The standard InChI is InChI=1S/C13H15ClFN3O2S/c1-9(2)8-18-12(16-17-13(18)21(14,19)20)7-10-4-3-5-11(15)6-10/h3-6,9H,7-8H2,1-2H3. The zero-order valence-corrected chi connectivity index (χ0v) is 13.2. The minimum atomic E-state index is -3.97. The van der Waals surface area contributed by atoms with Crippen molar-refractivity contribution in [2.45, 2.75) is 32.0 Å². The summed E-state index contributed by atoms with van der Waals surface area (Å²) < 4.78 is 37.8. The van der Waals surface area contributed by atoms with Crippen molar-refractivity contribution < 1.29 is 12.8 Å². The molecular formula is C13H15ClFN3O2S. The highest BCUT2D eigenvalue weighted by molar-refractivity contribution is 8.13. The van der Waals surface area contributed by atoms with Crippen molar-refractivity contribution in [3.05, 3.63) is 41.5 Å². The normalized spacial score (nSPS) is 12.0. The fourth-order valence-electron chi connectivity index (χ4n) is 2.01. The number of aromatic nitrogens is 3. The van der Waals surface area contributed by atoms with Gasteiger partial charge >= 0.3 is 0 Å². The van der Waals surface area contributed by atoms with Crippen molar-refractivity contribution in [2.24, 2.45) is 5.92 Å². The van der Waals surface area contributed by atoms with E-state index in [1.165, 1.54) is 16.7 Å². The molecule has 5 nitrogen and oxygen atoms in total. The predicted octanol–water partition coefficient (Wildman–Crippen LogP) is 2.59. The van der Waals surface area contributed by atoms with Crippen molar-refractivity contribution in [2.75, 3.05) is 0 Å². The van der Waals surface area contributed by atoms with E-state index >= 15 is 0 Å². The lowest BCUT2D eigenvalue weighted by atomic mass is 10.1. The van der Waals surface area contributed by atoms with Gasteiger partial charge in [-0.3, -0.25) is 0 Å². The lowest BCUT2D eigenvalue weighted by molar-refractivity contribution is 0.474. The first-order chi connectivity index (χ1) is 9.77. The maximum absolute atomic E-state index is 13.2. The van der Waals surface area contributed by atoms with Gasteiger partial charge in [-0.2, -0.15) is 0 Å². The van der Waals surface area contributed by atoms with Gasteiger partial charge in [-0.05, 0) is 23.6 Å². The van der Waals surface area contributed by atoms with E-state index in [-0.39, 0.29) is 23.3 Å². The molecule has 2 aromatic rings. The monoisotopic (exact) mass is 331 g/mol. The molecule has 21 heavy (non-hydrogen) atoms. The van der Waals surface area contributed by atoms with Gasteiger partial charge in [0.15, 0.2) is 0 Å². The Morgan fingerprint density at radius 1 is 1.33 bits per heavy atom. The van der Waals surface area contributed by atoms with E-state index in [4.69, 9.17) is 10.7 Å². The summed E-state index contributed by atoms with van der Waals surface area (Å²) in [4.78, 5) is 0. The fourth-order valence-corrected chi connectivity index (χ4v) is 2.93. The van der Waals surface area contributed by atoms with Gasteiger partial charge in [-0.1, -0.05) is 26.0 Å². The van der Waals surface area contributed by atoms with Crippen LogP contribution in [0.2, 0.25) is 0 Å². The molecule has 1 aromatic heterocycles. The van der Waals surface area contributed by atoms with Crippen LogP contribution in [0.5, 0.6) is 0 Å². The van der Waals surface area contributed by atoms with Gasteiger partial charge < -0.3 is 4.57 Å². The number of hydrogen-bond donors (Lipinski definition) is 0. The minimum Gasteiger partial charge on any atom is -0.300 e. The maximum atomic E-state index is 13.2. The van der Waals surface area contributed by atoms with Crippen LogP contribution in [0.3, 0.4) is 0 Å². The molecule has 114 valence electrons. The van der Waals surface area contributed by atoms with E-state index in [1.54, 1.807) is 12.1 Å². The molecule has 0 unspecified atom stereocenters. The molecule has 0 bridgehead atoms. The number of nitrogens with zero attached hydrogens (tertiary/aromatic N) is 3. The van der Waals surface area contributed by atoms with E-state index in [9.17, 15) is 12.8 Å². The predicted molar refractivity (Wildman–Crippen MR) is 77.1 cm³/mol. The zero-order chi connectivity index (χ0) is 15.6. The van der Waals surface area contributed by atoms with Gasteiger partial charge in [-0.25, -0.2) is 12.8 Å². The molecule has 0 fully saturated rings. The Kier molecular flexibility index (Phi) is 4.63. The first-order valence-corrected chi connectivity index (χ1v) is 8.69. The van der Waals surface area contributed by atoms with Crippen LogP contribution in [0.4, 0.5) is 4.39 Å². The molecule has 0 aliphatic heterocycles. The molecule has 0 saturated heterocycles. The van der Waals surface area contributed by atoms with Crippen molar-refractivity contribution in [1.29, 1.82) is 0 Å². The largest absolute Gasteiger partial charge is 0.300 e. The number of halogens is 2. The van der Waals surface area contributed by atoms with Crippen LogP contribution in [0.15, 0.2) is 29.4 Å². The molecule has 0 N–H and O–H groups in total. The molecular weight excluding hydrogens is 317 g/mol. The molecule has 0 aliphatic rings. The van der Waals surface area contributed by atoms with Crippen LogP contribution < -0.4 is 0 Å². The Morgan fingerprint density at radius 3 is 2.62 bits per heavy atom. The molecule has 0 amide bonds. The summed E-state index contributed by atoms with van der Waals surface area (Å²) >= 11 is 0. The van der Waals surface area contributed by atoms with Crippen molar-refractivity contribution in [1.82, 2.24) is 14.8 Å². The minimum absolute atomic E-state index is 0.185. The zero-order valence-electron chi connectivity index (χ0n) is 11.6. The highest BCUT2D eigenvalue weighted by Crippen LogP contribution is 2.18. The van der Waals surface area contributed by atoms with Crippen LogP contribution in [-0.2, 0) is 22.0 Å². The van der Waals surface area contributed by atoms with E-state index in [0.29, 0.717) is 17.9 Å². The second-order valence-corrected chi connectivity index (χ2v) is 7.61. The van der Waals surface area contributed by atoms with Gasteiger partial charge in [0, 0.05) is 23.6 Å². The lowest BCUT2D eigenvalue weighted by Gasteiger charge is -2.11. The molecule has 0 atom stereocenters. The van der Waals surface area contributed by atoms with Crippen LogP contribution in [0, 0.1) is 11.7 Å². The highest BCUT2D eigenvalue weighted by atomic mass is 35.7. The Hall–Kier alpha value is -1.47. The summed E-state index contributed by atoms with van der Waals surface area (Å²) in [6.07, 6.45) is 0.282. The average Bonchev–Trinajstić information content (AvgIpc) is 2.71. The van der Waals surface area contributed by atoms with Crippen LogP contribution in [0.1, 0.15) is 25.2 Å². The molecule has 0 aliphatic carbocycles. The molecule has 0 radical (unpaired) electrons. The first-order valence-electron chi connectivity index (χ1n) is 6.38. The number of rotatable bonds is 5. The van der Waals surface area contributed by atoms with Crippen molar-refractivity contribution >= 4 is 19.7 Å². The van der Waals surface area contributed by atoms with Gasteiger partial charge in [0.1, 0.15) is 11.6 Å². The molecule has 2 rings (SSSR count). The third kappa shape index (κ3) is 4.01. The first kappa shape index (κ1) is 15.9. The summed E-state index contributed by atoms with van der Waals surface area (Å²) in [6.45, 7) is 4.30. The third-order valence-electron chi connectivity index (χ3n) is 2.81. The maximum Gasteiger partial charge on any atom is 0.296 e. The lowest BCUT2D eigenvalue weighted by Crippen LogP contribution is -2.13. The molecule has 8 heteroatoms. The molecule has 1 heterocycles. The summed E-state index contributed by atoms with van der Waals surface area (Å²) in [7, 11) is 1.41.